The van der Waals surface area contributed by atoms with Crippen molar-refractivity contribution in [3.63, 3.8) is 0 Å². The van der Waals surface area contributed by atoms with Gasteiger partial charge in [0, 0.05) is 6.07 Å². The summed E-state index contributed by atoms with van der Waals surface area (Å²) < 4.78 is 5.29. The fourth-order valence-corrected chi connectivity index (χ4v) is 2.82. The molecule has 0 aromatic heterocycles. The Kier molecular flexibility index (Phi) is 3.71. The lowest BCUT2D eigenvalue weighted by atomic mass is 9.91. The van der Waals surface area contributed by atoms with Crippen molar-refractivity contribution < 1.29 is 19.6 Å². The zero-order valence-electron chi connectivity index (χ0n) is 11.9. The van der Waals surface area contributed by atoms with Crippen molar-refractivity contribution in [2.24, 2.45) is 0 Å². The van der Waals surface area contributed by atoms with Gasteiger partial charge in [0.2, 0.25) is 0 Å². The molecule has 2 heterocycles. The van der Waals surface area contributed by atoms with Crippen molar-refractivity contribution in [1.29, 1.82) is 0 Å². The number of hydrogen-bond acceptors (Lipinski definition) is 6. The van der Waals surface area contributed by atoms with Crippen molar-refractivity contribution in [3.05, 3.63) is 28.3 Å². The molecular formula is C14H17N3O5. The Hall–Kier alpha value is -2.19. The van der Waals surface area contributed by atoms with Crippen LogP contribution < -0.4 is 15.0 Å². The molecular weight excluding hydrogens is 290 g/mol. The van der Waals surface area contributed by atoms with Crippen molar-refractivity contribution in [2.45, 2.75) is 18.4 Å². The van der Waals surface area contributed by atoms with Crippen LogP contribution in [-0.2, 0) is 4.79 Å². The number of anilines is 1. The van der Waals surface area contributed by atoms with E-state index in [9.17, 15) is 20.0 Å². The Balaban J connectivity index is 1.89. The maximum atomic E-state index is 12.1. The molecule has 2 aliphatic rings. The third kappa shape index (κ3) is 2.75. The molecule has 0 spiro atoms. The Labute approximate surface area is 126 Å². The Morgan fingerprint density at radius 1 is 1.41 bits per heavy atom. The summed E-state index contributed by atoms with van der Waals surface area (Å²) in [6, 6.07) is 4.14. The van der Waals surface area contributed by atoms with Gasteiger partial charge in [-0.1, -0.05) is 0 Å². The van der Waals surface area contributed by atoms with Crippen molar-refractivity contribution in [2.75, 3.05) is 31.1 Å². The number of nitro benzene ring substituents is 1. The van der Waals surface area contributed by atoms with Gasteiger partial charge in [0.15, 0.2) is 12.4 Å². The molecule has 0 saturated carbocycles. The smallest absolute Gasteiger partial charge is 0.273 e. The highest BCUT2D eigenvalue weighted by molar-refractivity contribution is 5.98. The number of β-amino-alcohol motifs (C(OH)–C–C–N with tert-alkyl or cyclic N) is 1. The average Bonchev–Trinajstić information content (AvgIpc) is 2.50. The lowest BCUT2D eigenvalue weighted by Gasteiger charge is -2.39. The Morgan fingerprint density at radius 2 is 2.14 bits per heavy atom. The second-order valence-corrected chi connectivity index (χ2v) is 5.65. The molecule has 0 atom stereocenters. The van der Waals surface area contributed by atoms with E-state index in [4.69, 9.17) is 4.74 Å². The number of fused-ring (bicyclic) bond motifs is 1. The fraction of sp³-hybridized carbons (Fsp3) is 0.500. The fourth-order valence-electron chi connectivity index (χ4n) is 2.82. The zero-order valence-corrected chi connectivity index (χ0v) is 11.9. The van der Waals surface area contributed by atoms with E-state index in [-0.39, 0.29) is 24.7 Å². The number of nitrogens with one attached hydrogen (secondary N) is 1. The van der Waals surface area contributed by atoms with Crippen LogP contribution in [0.25, 0.3) is 0 Å². The molecule has 0 unspecified atom stereocenters. The number of carbonyl (C=O) groups excluding carboxylic acids is 1. The van der Waals surface area contributed by atoms with Gasteiger partial charge in [-0.05, 0) is 32.0 Å². The molecule has 118 valence electrons. The van der Waals surface area contributed by atoms with Gasteiger partial charge < -0.3 is 20.1 Å². The minimum absolute atomic E-state index is 0.0892. The second-order valence-electron chi connectivity index (χ2n) is 5.65. The minimum atomic E-state index is -0.947. The standard InChI is InChI=1S/C14H17N3O5/c18-13-8-22-12-7-10(17(20)21)1-2-11(12)16(13)9-14(19)3-5-15-6-4-14/h1-2,7,15,19H,3-6,8-9H2. The first-order valence-electron chi connectivity index (χ1n) is 7.13. The van der Waals surface area contributed by atoms with Crippen LogP contribution in [-0.4, -0.2) is 47.8 Å². The summed E-state index contributed by atoms with van der Waals surface area (Å²) in [6.07, 6.45) is 1.11. The lowest BCUT2D eigenvalue weighted by Crippen LogP contribution is -2.53. The van der Waals surface area contributed by atoms with Gasteiger partial charge in [0.1, 0.15) is 0 Å². The Bertz CT molecular complexity index is 612. The molecule has 0 radical (unpaired) electrons. The zero-order chi connectivity index (χ0) is 15.7. The third-order valence-electron chi connectivity index (χ3n) is 4.08. The summed E-state index contributed by atoms with van der Waals surface area (Å²) in [5.74, 6) is 0.0413. The monoisotopic (exact) mass is 307 g/mol. The topological polar surface area (TPSA) is 105 Å². The van der Waals surface area contributed by atoms with Crippen LogP contribution in [0, 0.1) is 10.1 Å². The number of nitro groups is 1. The number of nitrogens with zero attached hydrogens (tertiary/aromatic N) is 2. The van der Waals surface area contributed by atoms with E-state index in [0.717, 1.165) is 0 Å². The van der Waals surface area contributed by atoms with Crippen LogP contribution in [0.15, 0.2) is 18.2 Å². The summed E-state index contributed by atoms with van der Waals surface area (Å²) in [7, 11) is 0. The SMILES string of the molecule is O=C1COc2cc([N+](=O)[O-])ccc2N1CC1(O)CCNCC1. The summed E-state index contributed by atoms with van der Waals surface area (Å²) in [4.78, 5) is 23.9. The summed E-state index contributed by atoms with van der Waals surface area (Å²) in [5.41, 5.74) is -0.570. The largest absolute Gasteiger partial charge is 0.481 e. The molecule has 1 aromatic rings. The van der Waals surface area contributed by atoms with Gasteiger partial charge in [-0.2, -0.15) is 0 Å². The molecule has 22 heavy (non-hydrogen) atoms. The van der Waals surface area contributed by atoms with E-state index in [1.54, 1.807) is 0 Å². The highest BCUT2D eigenvalue weighted by Crippen LogP contribution is 2.36. The quantitative estimate of drug-likeness (QED) is 0.620. The lowest BCUT2D eigenvalue weighted by molar-refractivity contribution is -0.384. The van der Waals surface area contributed by atoms with Crippen LogP contribution in [0.5, 0.6) is 5.75 Å². The number of hydrogen-bond donors (Lipinski definition) is 2. The molecule has 1 saturated heterocycles. The molecule has 1 amide bonds. The van der Waals surface area contributed by atoms with Gasteiger partial charge in [-0.3, -0.25) is 14.9 Å². The van der Waals surface area contributed by atoms with Crippen molar-refractivity contribution in [1.82, 2.24) is 5.32 Å². The highest BCUT2D eigenvalue weighted by atomic mass is 16.6. The van der Waals surface area contributed by atoms with E-state index in [2.05, 4.69) is 5.32 Å². The number of aliphatic hydroxyl groups is 1. The highest BCUT2D eigenvalue weighted by Gasteiger charge is 2.36. The second kappa shape index (κ2) is 5.54. The van der Waals surface area contributed by atoms with Gasteiger partial charge >= 0.3 is 0 Å². The molecule has 0 bridgehead atoms. The first-order valence-corrected chi connectivity index (χ1v) is 7.13. The number of rotatable bonds is 3. The number of piperidine rings is 1. The van der Waals surface area contributed by atoms with E-state index in [0.29, 0.717) is 37.4 Å². The normalized spacial score (nSPS) is 20.2. The van der Waals surface area contributed by atoms with Crippen LogP contribution in [0.3, 0.4) is 0 Å². The third-order valence-corrected chi connectivity index (χ3v) is 4.08. The van der Waals surface area contributed by atoms with E-state index >= 15 is 0 Å². The molecule has 2 aliphatic heterocycles. The average molecular weight is 307 g/mol. The van der Waals surface area contributed by atoms with Gasteiger partial charge in [-0.15, -0.1) is 0 Å². The maximum absolute atomic E-state index is 12.1. The van der Waals surface area contributed by atoms with Gasteiger partial charge in [-0.25, -0.2) is 0 Å². The predicted octanol–water partition coefficient (Wildman–Crippen LogP) is 0.435. The first-order chi connectivity index (χ1) is 10.5. The number of non-ortho nitro benzene ring substituents is 1. The van der Waals surface area contributed by atoms with Gasteiger partial charge in [0.05, 0.1) is 28.8 Å². The molecule has 8 nitrogen and oxygen atoms in total. The summed E-state index contributed by atoms with van der Waals surface area (Å²) >= 11 is 0. The van der Waals surface area contributed by atoms with Crippen LogP contribution in [0.4, 0.5) is 11.4 Å². The first kappa shape index (κ1) is 14.7. The maximum Gasteiger partial charge on any atom is 0.273 e. The van der Waals surface area contributed by atoms with Gasteiger partial charge in [0.25, 0.3) is 11.6 Å². The molecule has 2 N–H and O–H groups in total. The van der Waals surface area contributed by atoms with Crippen LogP contribution >= 0.6 is 0 Å². The molecule has 1 aromatic carbocycles. The van der Waals surface area contributed by atoms with Crippen LogP contribution in [0.2, 0.25) is 0 Å². The van der Waals surface area contributed by atoms with E-state index < -0.39 is 10.5 Å². The van der Waals surface area contributed by atoms with Crippen LogP contribution in [0.1, 0.15) is 12.8 Å². The van der Waals surface area contributed by atoms with Crippen molar-refractivity contribution >= 4 is 17.3 Å². The van der Waals surface area contributed by atoms with Crippen molar-refractivity contribution in [3.8, 4) is 5.75 Å². The number of benzene rings is 1. The molecule has 3 rings (SSSR count). The summed E-state index contributed by atoms with van der Waals surface area (Å²) in [5, 5.41) is 24.6. The number of amides is 1. The molecule has 0 aliphatic carbocycles. The summed E-state index contributed by atoms with van der Waals surface area (Å²) in [6.45, 7) is 1.38. The molecule has 8 heteroatoms. The van der Waals surface area contributed by atoms with E-state index in [1.165, 1.54) is 23.1 Å². The Morgan fingerprint density at radius 3 is 2.82 bits per heavy atom. The molecule has 1 fully saturated rings. The predicted molar refractivity (Wildman–Crippen MR) is 78.0 cm³/mol. The minimum Gasteiger partial charge on any atom is -0.481 e. The number of carbonyl (C=O) groups is 1. The van der Waals surface area contributed by atoms with E-state index in [1.807, 2.05) is 0 Å². The number of ether oxygens (including phenoxy) is 1.